The maximum absolute atomic E-state index is 12.2. The summed E-state index contributed by atoms with van der Waals surface area (Å²) in [5.74, 6) is -0.640. The zero-order valence-electron chi connectivity index (χ0n) is 12.2. The topological polar surface area (TPSA) is 66.8 Å². The first-order chi connectivity index (χ1) is 10.0. The molecule has 1 aromatic carbocycles. The molecule has 1 fully saturated rings. The predicted octanol–water partition coefficient (Wildman–Crippen LogP) is 2.03. The largest absolute Gasteiger partial charge is 0.497 e. The van der Waals surface area contributed by atoms with E-state index in [1.165, 1.54) is 0 Å². The van der Waals surface area contributed by atoms with Crippen molar-refractivity contribution in [3.63, 3.8) is 0 Å². The Morgan fingerprint density at radius 2 is 2.00 bits per heavy atom. The van der Waals surface area contributed by atoms with Gasteiger partial charge in [0.1, 0.15) is 5.75 Å². The summed E-state index contributed by atoms with van der Waals surface area (Å²) in [6.45, 7) is 2.66. The maximum atomic E-state index is 12.2. The number of rotatable bonds is 4. The second-order valence-corrected chi connectivity index (χ2v) is 5.16. The van der Waals surface area contributed by atoms with Gasteiger partial charge in [0, 0.05) is 19.2 Å². The van der Waals surface area contributed by atoms with Gasteiger partial charge >= 0.3 is 5.97 Å². The van der Waals surface area contributed by atoms with Crippen LogP contribution in [0.4, 0.5) is 0 Å². The van der Waals surface area contributed by atoms with Crippen LogP contribution in [0.15, 0.2) is 30.3 Å². The Bertz CT molecular complexity index is 562. The number of nitrogens with zero attached hydrogens (tertiary/aromatic N) is 1. The predicted molar refractivity (Wildman–Crippen MR) is 79.0 cm³/mol. The number of hydrogen-bond acceptors (Lipinski definition) is 3. The molecule has 1 saturated heterocycles. The van der Waals surface area contributed by atoms with Gasteiger partial charge < -0.3 is 14.7 Å². The third-order valence-electron chi connectivity index (χ3n) is 3.73. The molecule has 112 valence electrons. The molecule has 0 saturated carbocycles. The first kappa shape index (κ1) is 15.1. The highest BCUT2D eigenvalue weighted by Crippen LogP contribution is 2.20. The van der Waals surface area contributed by atoms with E-state index in [9.17, 15) is 9.59 Å². The number of carbonyl (C=O) groups excluding carboxylic acids is 1. The highest BCUT2D eigenvalue weighted by molar-refractivity contribution is 5.95. The normalized spacial score (nSPS) is 18.7. The maximum Gasteiger partial charge on any atom is 0.308 e. The molecule has 21 heavy (non-hydrogen) atoms. The van der Waals surface area contributed by atoms with Gasteiger partial charge in [-0.25, -0.2) is 0 Å². The van der Waals surface area contributed by atoms with Gasteiger partial charge in [-0.15, -0.1) is 0 Å². The average Bonchev–Trinajstić information content (AvgIpc) is 2.97. The number of carbonyl (C=O) groups is 2. The fourth-order valence-electron chi connectivity index (χ4n) is 2.38. The molecule has 0 aliphatic carbocycles. The van der Waals surface area contributed by atoms with Crippen LogP contribution >= 0.6 is 0 Å². The van der Waals surface area contributed by atoms with Crippen LogP contribution in [0.5, 0.6) is 5.75 Å². The Hall–Kier alpha value is -2.30. The lowest BCUT2D eigenvalue weighted by atomic mass is 10.1. The van der Waals surface area contributed by atoms with Crippen molar-refractivity contribution in [3.8, 4) is 5.75 Å². The first-order valence-corrected chi connectivity index (χ1v) is 6.85. The minimum absolute atomic E-state index is 0.132. The summed E-state index contributed by atoms with van der Waals surface area (Å²) >= 11 is 0. The number of carboxylic acids is 1. The van der Waals surface area contributed by atoms with Crippen molar-refractivity contribution in [3.05, 3.63) is 35.9 Å². The van der Waals surface area contributed by atoms with Gasteiger partial charge in [0.05, 0.1) is 13.0 Å². The summed E-state index contributed by atoms with van der Waals surface area (Å²) < 4.78 is 5.10. The molecule has 1 N–H and O–H groups in total. The summed E-state index contributed by atoms with van der Waals surface area (Å²) in [6.07, 6.45) is 2.09. The number of allylic oxidation sites excluding steroid dienone is 1. The van der Waals surface area contributed by atoms with Crippen LogP contribution in [0, 0.1) is 5.92 Å². The van der Waals surface area contributed by atoms with Gasteiger partial charge in [0.25, 0.3) is 0 Å². The van der Waals surface area contributed by atoms with E-state index < -0.39 is 11.9 Å². The van der Waals surface area contributed by atoms with Crippen molar-refractivity contribution in [1.29, 1.82) is 0 Å². The summed E-state index contributed by atoms with van der Waals surface area (Å²) in [6, 6.07) is 7.46. The van der Waals surface area contributed by atoms with Crippen LogP contribution in [0.3, 0.4) is 0 Å². The third kappa shape index (κ3) is 3.62. The molecule has 1 aromatic rings. The average molecular weight is 289 g/mol. The fraction of sp³-hybridized carbons (Fsp3) is 0.375. The SMILES string of the molecule is COc1ccc(C(C)=CC(=O)N2CCC(C(=O)O)C2)cc1. The van der Waals surface area contributed by atoms with E-state index in [0.29, 0.717) is 19.5 Å². The standard InChI is InChI=1S/C16H19NO4/c1-11(12-3-5-14(21-2)6-4-12)9-15(18)17-8-7-13(10-17)16(19)20/h3-6,9,13H,7-8,10H2,1-2H3,(H,19,20). The highest BCUT2D eigenvalue weighted by atomic mass is 16.5. The molecule has 0 spiro atoms. The van der Waals surface area contributed by atoms with Gasteiger partial charge in [-0.05, 0) is 36.6 Å². The summed E-state index contributed by atoms with van der Waals surface area (Å²) in [7, 11) is 1.60. The third-order valence-corrected chi connectivity index (χ3v) is 3.73. The second-order valence-electron chi connectivity index (χ2n) is 5.16. The Kier molecular flexibility index (Phi) is 4.62. The smallest absolute Gasteiger partial charge is 0.308 e. The Labute approximate surface area is 123 Å². The number of hydrogen-bond donors (Lipinski definition) is 1. The number of ether oxygens (including phenoxy) is 1. The van der Waals surface area contributed by atoms with Gasteiger partial charge in [0.15, 0.2) is 0 Å². The van der Waals surface area contributed by atoms with E-state index in [1.807, 2.05) is 31.2 Å². The minimum Gasteiger partial charge on any atom is -0.497 e. The molecule has 0 aromatic heterocycles. The molecule has 1 aliphatic heterocycles. The molecular weight excluding hydrogens is 270 g/mol. The second kappa shape index (κ2) is 6.43. The van der Waals surface area contributed by atoms with Gasteiger partial charge in [-0.1, -0.05) is 12.1 Å². The monoisotopic (exact) mass is 289 g/mol. The van der Waals surface area contributed by atoms with Crippen LogP contribution in [-0.4, -0.2) is 42.1 Å². The van der Waals surface area contributed by atoms with E-state index in [2.05, 4.69) is 0 Å². The van der Waals surface area contributed by atoms with Crippen LogP contribution in [0.1, 0.15) is 18.9 Å². The lowest BCUT2D eigenvalue weighted by Crippen LogP contribution is -2.28. The van der Waals surface area contributed by atoms with Crippen molar-refractivity contribution in [2.75, 3.05) is 20.2 Å². The van der Waals surface area contributed by atoms with E-state index >= 15 is 0 Å². The number of aliphatic carboxylic acids is 1. The van der Waals surface area contributed by atoms with E-state index in [4.69, 9.17) is 9.84 Å². The van der Waals surface area contributed by atoms with Crippen LogP contribution in [0.25, 0.3) is 5.57 Å². The summed E-state index contributed by atoms with van der Waals surface area (Å²) in [5.41, 5.74) is 1.79. The summed E-state index contributed by atoms with van der Waals surface area (Å²) in [4.78, 5) is 24.6. The number of carboxylic acid groups (broad SMARTS) is 1. The van der Waals surface area contributed by atoms with Gasteiger partial charge in [-0.2, -0.15) is 0 Å². The van der Waals surface area contributed by atoms with Gasteiger partial charge in [0.2, 0.25) is 5.91 Å². The fourth-order valence-corrected chi connectivity index (χ4v) is 2.38. The van der Waals surface area contributed by atoms with Crippen LogP contribution in [-0.2, 0) is 9.59 Å². The molecule has 1 aliphatic rings. The highest BCUT2D eigenvalue weighted by Gasteiger charge is 2.29. The minimum atomic E-state index is -0.832. The Morgan fingerprint density at radius 1 is 1.33 bits per heavy atom. The van der Waals surface area contributed by atoms with Crippen LogP contribution in [0.2, 0.25) is 0 Å². The molecule has 2 rings (SSSR count). The lowest BCUT2D eigenvalue weighted by Gasteiger charge is -2.14. The Morgan fingerprint density at radius 3 is 2.52 bits per heavy atom. The molecule has 0 bridgehead atoms. The van der Waals surface area contributed by atoms with Crippen LogP contribution < -0.4 is 4.74 Å². The van der Waals surface area contributed by atoms with Crippen molar-refractivity contribution in [1.82, 2.24) is 4.90 Å². The quantitative estimate of drug-likeness (QED) is 0.861. The molecule has 1 atom stereocenters. The lowest BCUT2D eigenvalue weighted by molar-refractivity contribution is -0.141. The molecule has 0 radical (unpaired) electrons. The Balaban J connectivity index is 2.04. The molecule has 5 heteroatoms. The van der Waals surface area contributed by atoms with Gasteiger partial charge in [-0.3, -0.25) is 9.59 Å². The first-order valence-electron chi connectivity index (χ1n) is 6.85. The number of methoxy groups -OCH3 is 1. The molecule has 1 amide bonds. The zero-order valence-corrected chi connectivity index (χ0v) is 12.2. The van der Waals surface area contributed by atoms with E-state index in [0.717, 1.165) is 16.9 Å². The molecule has 1 heterocycles. The molecular formula is C16H19NO4. The van der Waals surface area contributed by atoms with Crippen molar-refractivity contribution in [2.45, 2.75) is 13.3 Å². The van der Waals surface area contributed by atoms with Crippen molar-refractivity contribution in [2.24, 2.45) is 5.92 Å². The number of amides is 1. The van der Waals surface area contributed by atoms with E-state index in [-0.39, 0.29) is 5.91 Å². The van der Waals surface area contributed by atoms with E-state index in [1.54, 1.807) is 18.1 Å². The van der Waals surface area contributed by atoms with Crippen molar-refractivity contribution >= 4 is 17.4 Å². The molecule has 1 unspecified atom stereocenters. The number of likely N-dealkylation sites (tertiary alicyclic amines) is 1. The zero-order chi connectivity index (χ0) is 15.4. The summed E-state index contributed by atoms with van der Waals surface area (Å²) in [5, 5.41) is 8.96. The van der Waals surface area contributed by atoms with Crippen molar-refractivity contribution < 1.29 is 19.4 Å². The number of benzene rings is 1. The molecule has 5 nitrogen and oxygen atoms in total.